The fourth-order valence-corrected chi connectivity index (χ4v) is 3.31. The molecule has 5 heteroatoms. The van der Waals surface area contributed by atoms with Crippen molar-refractivity contribution in [2.24, 2.45) is 0 Å². The molecule has 0 spiro atoms. The van der Waals surface area contributed by atoms with Gasteiger partial charge in [0.2, 0.25) is 0 Å². The summed E-state index contributed by atoms with van der Waals surface area (Å²) in [6.07, 6.45) is 0. The summed E-state index contributed by atoms with van der Waals surface area (Å²) in [5.41, 5.74) is 4.64. The number of para-hydroxylation sites is 1. The molecule has 0 saturated carbocycles. The van der Waals surface area contributed by atoms with E-state index in [-0.39, 0.29) is 18.4 Å². The Morgan fingerprint density at radius 3 is 2.35 bits per heavy atom. The molecule has 0 fully saturated rings. The van der Waals surface area contributed by atoms with Crippen molar-refractivity contribution in [2.45, 2.75) is 33.6 Å². The van der Waals surface area contributed by atoms with Gasteiger partial charge in [-0.1, -0.05) is 50.2 Å². The van der Waals surface area contributed by atoms with E-state index in [9.17, 15) is 9.59 Å². The normalized spacial score (nSPS) is 10.6. The standard InChI is InChI=1S/C26H28N2O3/c1-17(2)21-14-13-18(3)15-24(21)31-16-25(29)28-23-12-8-11-22(19(23)4)26(30)27-20-9-6-5-7-10-20/h5-15,17H,16H2,1-4H3,(H,27,30)(H,28,29). The van der Waals surface area contributed by atoms with E-state index < -0.39 is 0 Å². The molecular formula is C26H28N2O3. The number of benzene rings is 3. The number of nitrogens with one attached hydrogen (secondary N) is 2. The predicted molar refractivity (Wildman–Crippen MR) is 125 cm³/mol. The van der Waals surface area contributed by atoms with Crippen molar-refractivity contribution in [1.29, 1.82) is 0 Å². The molecule has 0 saturated heterocycles. The lowest BCUT2D eigenvalue weighted by atomic mass is 10.0. The number of carbonyl (C=O) groups is 2. The molecular weight excluding hydrogens is 388 g/mol. The van der Waals surface area contributed by atoms with E-state index in [1.807, 2.05) is 62.4 Å². The van der Waals surface area contributed by atoms with Crippen molar-refractivity contribution in [2.75, 3.05) is 17.2 Å². The first-order valence-electron chi connectivity index (χ1n) is 10.3. The van der Waals surface area contributed by atoms with Crippen LogP contribution in [0.15, 0.2) is 66.7 Å². The van der Waals surface area contributed by atoms with Crippen LogP contribution in [0.3, 0.4) is 0 Å². The minimum absolute atomic E-state index is 0.108. The molecule has 2 N–H and O–H groups in total. The van der Waals surface area contributed by atoms with Gasteiger partial charge in [-0.2, -0.15) is 0 Å². The molecule has 0 aliphatic heterocycles. The lowest BCUT2D eigenvalue weighted by Crippen LogP contribution is -2.22. The molecule has 31 heavy (non-hydrogen) atoms. The Bertz CT molecular complexity index is 1080. The highest BCUT2D eigenvalue weighted by Gasteiger charge is 2.15. The molecule has 5 nitrogen and oxygen atoms in total. The third-order valence-corrected chi connectivity index (χ3v) is 5.03. The van der Waals surface area contributed by atoms with Gasteiger partial charge in [0.15, 0.2) is 6.61 Å². The number of anilines is 2. The van der Waals surface area contributed by atoms with E-state index >= 15 is 0 Å². The second kappa shape index (κ2) is 9.94. The second-order valence-electron chi connectivity index (χ2n) is 7.83. The minimum Gasteiger partial charge on any atom is -0.483 e. The van der Waals surface area contributed by atoms with E-state index in [0.29, 0.717) is 28.4 Å². The molecule has 3 aromatic rings. The molecule has 3 rings (SSSR count). The molecule has 0 bridgehead atoms. The largest absolute Gasteiger partial charge is 0.483 e. The Morgan fingerprint density at radius 1 is 0.903 bits per heavy atom. The second-order valence-corrected chi connectivity index (χ2v) is 7.83. The number of aryl methyl sites for hydroxylation is 1. The van der Waals surface area contributed by atoms with Gasteiger partial charge in [0, 0.05) is 16.9 Å². The van der Waals surface area contributed by atoms with Crippen LogP contribution in [0, 0.1) is 13.8 Å². The van der Waals surface area contributed by atoms with E-state index in [0.717, 1.165) is 16.9 Å². The molecule has 0 aromatic heterocycles. The minimum atomic E-state index is -0.278. The average Bonchev–Trinajstić information content (AvgIpc) is 2.74. The summed E-state index contributed by atoms with van der Waals surface area (Å²) in [4.78, 5) is 25.2. The summed E-state index contributed by atoms with van der Waals surface area (Å²) in [5.74, 6) is 0.510. The van der Waals surface area contributed by atoms with Crippen molar-refractivity contribution in [3.8, 4) is 5.75 Å². The monoisotopic (exact) mass is 416 g/mol. The fourth-order valence-electron chi connectivity index (χ4n) is 3.31. The molecule has 0 atom stereocenters. The van der Waals surface area contributed by atoms with Crippen LogP contribution < -0.4 is 15.4 Å². The van der Waals surface area contributed by atoms with Crippen molar-refractivity contribution in [3.63, 3.8) is 0 Å². The maximum absolute atomic E-state index is 12.7. The molecule has 0 unspecified atom stereocenters. The zero-order valence-electron chi connectivity index (χ0n) is 18.4. The van der Waals surface area contributed by atoms with E-state index in [4.69, 9.17) is 4.74 Å². The van der Waals surface area contributed by atoms with Gasteiger partial charge < -0.3 is 15.4 Å². The number of rotatable bonds is 7. The first-order chi connectivity index (χ1) is 14.8. The van der Waals surface area contributed by atoms with E-state index in [2.05, 4.69) is 24.5 Å². The average molecular weight is 417 g/mol. The molecule has 0 aliphatic carbocycles. The smallest absolute Gasteiger partial charge is 0.262 e. The molecule has 3 aromatic carbocycles. The maximum atomic E-state index is 12.7. The number of amides is 2. The van der Waals surface area contributed by atoms with E-state index in [1.54, 1.807) is 18.2 Å². The van der Waals surface area contributed by atoms with Gasteiger partial charge in [-0.05, 0) is 66.8 Å². The summed E-state index contributed by atoms with van der Waals surface area (Å²) in [5, 5.41) is 5.73. The van der Waals surface area contributed by atoms with Crippen LogP contribution in [0.1, 0.15) is 46.8 Å². The summed E-state index contributed by atoms with van der Waals surface area (Å²) < 4.78 is 5.82. The molecule has 0 aliphatic rings. The van der Waals surface area contributed by atoms with Crippen molar-refractivity contribution >= 4 is 23.2 Å². The number of hydrogen-bond acceptors (Lipinski definition) is 3. The third-order valence-electron chi connectivity index (χ3n) is 5.03. The highest BCUT2D eigenvalue weighted by atomic mass is 16.5. The first kappa shape index (κ1) is 22.1. The van der Waals surface area contributed by atoms with E-state index in [1.165, 1.54) is 0 Å². The van der Waals surface area contributed by atoms with Crippen LogP contribution in [-0.4, -0.2) is 18.4 Å². The van der Waals surface area contributed by atoms with Gasteiger partial charge >= 0.3 is 0 Å². The van der Waals surface area contributed by atoms with Gasteiger partial charge in [-0.3, -0.25) is 9.59 Å². The number of hydrogen-bond donors (Lipinski definition) is 2. The predicted octanol–water partition coefficient (Wildman–Crippen LogP) is 5.70. The third kappa shape index (κ3) is 5.72. The Kier molecular flexibility index (Phi) is 7.08. The Balaban J connectivity index is 1.68. The van der Waals surface area contributed by atoms with Gasteiger partial charge in [0.05, 0.1) is 0 Å². The SMILES string of the molecule is Cc1ccc(C(C)C)c(OCC(=O)Nc2cccc(C(=O)Nc3ccccc3)c2C)c1. The van der Waals surface area contributed by atoms with Gasteiger partial charge in [0.25, 0.3) is 11.8 Å². The van der Waals surface area contributed by atoms with Gasteiger partial charge in [0.1, 0.15) is 5.75 Å². The molecule has 160 valence electrons. The number of ether oxygens (including phenoxy) is 1. The Labute approximate surface area is 183 Å². The van der Waals surface area contributed by atoms with Gasteiger partial charge in [-0.25, -0.2) is 0 Å². The maximum Gasteiger partial charge on any atom is 0.262 e. The summed E-state index contributed by atoms with van der Waals surface area (Å²) in [6.45, 7) is 7.88. The highest BCUT2D eigenvalue weighted by molar-refractivity contribution is 6.06. The summed E-state index contributed by atoms with van der Waals surface area (Å²) >= 11 is 0. The lowest BCUT2D eigenvalue weighted by Gasteiger charge is -2.16. The molecule has 2 amide bonds. The summed E-state index contributed by atoms with van der Waals surface area (Å²) in [6, 6.07) is 20.5. The van der Waals surface area contributed by atoms with Crippen molar-refractivity contribution in [1.82, 2.24) is 0 Å². The quantitative estimate of drug-likeness (QED) is 0.519. The van der Waals surface area contributed by atoms with Crippen molar-refractivity contribution in [3.05, 3.63) is 89.0 Å². The van der Waals surface area contributed by atoms with Crippen LogP contribution in [0.2, 0.25) is 0 Å². The number of carbonyl (C=O) groups excluding carboxylic acids is 2. The topological polar surface area (TPSA) is 67.4 Å². The first-order valence-corrected chi connectivity index (χ1v) is 10.3. The lowest BCUT2D eigenvalue weighted by molar-refractivity contribution is -0.118. The zero-order valence-corrected chi connectivity index (χ0v) is 18.4. The van der Waals surface area contributed by atoms with Crippen LogP contribution in [0.4, 0.5) is 11.4 Å². The Hall–Kier alpha value is -3.60. The van der Waals surface area contributed by atoms with Gasteiger partial charge in [-0.15, -0.1) is 0 Å². The van der Waals surface area contributed by atoms with Crippen LogP contribution in [0.5, 0.6) is 5.75 Å². The van der Waals surface area contributed by atoms with Crippen LogP contribution >= 0.6 is 0 Å². The van der Waals surface area contributed by atoms with Crippen molar-refractivity contribution < 1.29 is 14.3 Å². The zero-order chi connectivity index (χ0) is 22.4. The molecule has 0 radical (unpaired) electrons. The summed E-state index contributed by atoms with van der Waals surface area (Å²) in [7, 11) is 0. The molecule has 0 heterocycles. The Morgan fingerprint density at radius 2 is 1.65 bits per heavy atom. The highest BCUT2D eigenvalue weighted by Crippen LogP contribution is 2.27. The van der Waals surface area contributed by atoms with Crippen LogP contribution in [0.25, 0.3) is 0 Å². The van der Waals surface area contributed by atoms with Crippen LogP contribution in [-0.2, 0) is 4.79 Å². The fraction of sp³-hybridized carbons (Fsp3) is 0.231.